The molecule has 4 nitrogen and oxygen atoms in total. The molecule has 0 bridgehead atoms. The summed E-state index contributed by atoms with van der Waals surface area (Å²) in [7, 11) is -3.66. The van der Waals surface area contributed by atoms with Crippen LogP contribution in [0.15, 0.2) is 59.5 Å². The van der Waals surface area contributed by atoms with Crippen LogP contribution in [-0.2, 0) is 10.0 Å². The van der Waals surface area contributed by atoms with Crippen LogP contribution in [0, 0.1) is 6.92 Å². The lowest BCUT2D eigenvalue weighted by Crippen LogP contribution is -2.11. The van der Waals surface area contributed by atoms with Gasteiger partial charge in [0.1, 0.15) is 0 Å². The fraction of sp³-hybridized carbons (Fsp3) is 0.0625. The molecule has 0 radical (unpaired) electrons. The third-order valence-electron chi connectivity index (χ3n) is 3.43. The summed E-state index contributed by atoms with van der Waals surface area (Å²) in [5.74, 6) is 0. The fourth-order valence-electron chi connectivity index (χ4n) is 2.28. The molecular formula is C16H14N2O2S. The van der Waals surface area contributed by atoms with Gasteiger partial charge in [0.2, 0.25) is 10.0 Å². The van der Waals surface area contributed by atoms with Crippen molar-refractivity contribution in [2.24, 2.45) is 5.14 Å². The Morgan fingerprint density at radius 1 is 0.952 bits per heavy atom. The third-order valence-corrected chi connectivity index (χ3v) is 4.36. The largest absolute Gasteiger partial charge is 0.248 e. The first kappa shape index (κ1) is 13.7. The maximum Gasteiger partial charge on any atom is 0.238 e. The number of aromatic nitrogens is 1. The first-order valence-electron chi connectivity index (χ1n) is 6.45. The Balaban J connectivity index is 2.08. The molecule has 21 heavy (non-hydrogen) atoms. The van der Waals surface area contributed by atoms with E-state index >= 15 is 0 Å². The minimum atomic E-state index is -3.66. The van der Waals surface area contributed by atoms with Gasteiger partial charge < -0.3 is 0 Å². The van der Waals surface area contributed by atoms with Crippen LogP contribution < -0.4 is 5.14 Å². The molecule has 0 saturated heterocycles. The predicted octanol–water partition coefficient (Wildman–Crippen LogP) is 2.86. The molecule has 3 rings (SSSR count). The van der Waals surface area contributed by atoms with Crippen molar-refractivity contribution in [2.45, 2.75) is 11.8 Å². The Labute approximate surface area is 123 Å². The highest BCUT2D eigenvalue weighted by atomic mass is 32.2. The number of benzene rings is 2. The van der Waals surface area contributed by atoms with E-state index in [0.29, 0.717) is 0 Å². The van der Waals surface area contributed by atoms with E-state index in [1.807, 2.05) is 37.3 Å². The van der Waals surface area contributed by atoms with Gasteiger partial charge in [0.15, 0.2) is 0 Å². The number of nitrogens with two attached hydrogens (primary N) is 1. The lowest BCUT2D eigenvalue weighted by Gasteiger charge is -2.06. The quantitative estimate of drug-likeness (QED) is 0.790. The molecule has 0 aliphatic carbocycles. The Bertz CT molecular complexity index is 917. The molecule has 1 aromatic heterocycles. The van der Waals surface area contributed by atoms with Crippen LogP contribution in [0.1, 0.15) is 5.56 Å². The topological polar surface area (TPSA) is 73.0 Å². The van der Waals surface area contributed by atoms with Crippen LogP contribution in [0.25, 0.3) is 22.2 Å². The number of pyridine rings is 1. The molecule has 0 amide bonds. The average molecular weight is 298 g/mol. The van der Waals surface area contributed by atoms with Crippen LogP contribution >= 0.6 is 0 Å². The van der Waals surface area contributed by atoms with Crippen molar-refractivity contribution in [1.29, 1.82) is 0 Å². The molecule has 2 N–H and O–H groups in total. The van der Waals surface area contributed by atoms with E-state index in [0.717, 1.165) is 22.2 Å². The van der Waals surface area contributed by atoms with Crippen molar-refractivity contribution in [3.63, 3.8) is 0 Å². The number of hydrogen-bond donors (Lipinski definition) is 1. The van der Waals surface area contributed by atoms with Gasteiger partial charge in [-0.15, -0.1) is 0 Å². The summed E-state index contributed by atoms with van der Waals surface area (Å²) in [5.41, 5.74) is 3.75. The summed E-state index contributed by atoms with van der Waals surface area (Å²) in [5, 5.41) is 6.21. The zero-order valence-electron chi connectivity index (χ0n) is 11.4. The number of hydrogen-bond acceptors (Lipinski definition) is 3. The van der Waals surface area contributed by atoms with Crippen molar-refractivity contribution < 1.29 is 8.42 Å². The van der Waals surface area contributed by atoms with Crippen molar-refractivity contribution in [2.75, 3.05) is 0 Å². The Morgan fingerprint density at radius 3 is 2.33 bits per heavy atom. The molecule has 3 aromatic rings. The average Bonchev–Trinajstić information content (AvgIpc) is 2.46. The lowest BCUT2D eigenvalue weighted by atomic mass is 10.1. The SMILES string of the molecule is Cc1cccc2nc(-c3ccc(S(N)(=O)=O)cc3)ccc12. The first-order chi connectivity index (χ1) is 9.95. The minimum absolute atomic E-state index is 0.0999. The van der Waals surface area contributed by atoms with Gasteiger partial charge in [0, 0.05) is 10.9 Å². The highest BCUT2D eigenvalue weighted by molar-refractivity contribution is 7.89. The monoisotopic (exact) mass is 298 g/mol. The summed E-state index contributed by atoms with van der Waals surface area (Å²) < 4.78 is 22.5. The second-order valence-electron chi connectivity index (χ2n) is 4.91. The highest BCUT2D eigenvalue weighted by Crippen LogP contribution is 2.23. The highest BCUT2D eigenvalue weighted by Gasteiger charge is 2.08. The Morgan fingerprint density at radius 2 is 1.67 bits per heavy atom. The Kier molecular flexibility index (Phi) is 3.23. The van der Waals surface area contributed by atoms with Crippen LogP contribution in [0.3, 0.4) is 0 Å². The molecule has 0 aliphatic heterocycles. The molecule has 0 unspecified atom stereocenters. The van der Waals surface area contributed by atoms with Gasteiger partial charge in [-0.1, -0.05) is 30.3 Å². The van der Waals surface area contributed by atoms with E-state index in [1.165, 1.54) is 17.7 Å². The number of sulfonamides is 1. The van der Waals surface area contributed by atoms with Crippen LogP contribution in [0.5, 0.6) is 0 Å². The summed E-state index contributed by atoms with van der Waals surface area (Å²) in [6.07, 6.45) is 0. The fourth-order valence-corrected chi connectivity index (χ4v) is 2.80. The molecule has 0 fully saturated rings. The van der Waals surface area contributed by atoms with E-state index in [4.69, 9.17) is 5.14 Å². The van der Waals surface area contributed by atoms with E-state index < -0.39 is 10.0 Å². The van der Waals surface area contributed by atoms with E-state index in [9.17, 15) is 8.42 Å². The normalized spacial score (nSPS) is 11.7. The van der Waals surface area contributed by atoms with Gasteiger partial charge in [-0.3, -0.25) is 0 Å². The summed E-state index contributed by atoms with van der Waals surface area (Å²) in [4.78, 5) is 4.72. The molecule has 2 aromatic carbocycles. The first-order valence-corrected chi connectivity index (χ1v) is 7.99. The van der Waals surface area contributed by atoms with Gasteiger partial charge in [-0.05, 0) is 36.8 Å². The molecule has 5 heteroatoms. The van der Waals surface area contributed by atoms with E-state index in [1.54, 1.807) is 12.1 Å². The zero-order valence-corrected chi connectivity index (χ0v) is 12.3. The predicted molar refractivity (Wildman–Crippen MR) is 83.3 cm³/mol. The molecule has 106 valence electrons. The van der Waals surface area contributed by atoms with Crippen molar-refractivity contribution in [3.8, 4) is 11.3 Å². The van der Waals surface area contributed by atoms with Crippen LogP contribution in [0.4, 0.5) is 0 Å². The maximum absolute atomic E-state index is 11.3. The minimum Gasteiger partial charge on any atom is -0.248 e. The van der Waals surface area contributed by atoms with Crippen LogP contribution in [0.2, 0.25) is 0 Å². The van der Waals surface area contributed by atoms with Gasteiger partial charge in [0.25, 0.3) is 0 Å². The number of rotatable bonds is 2. The molecule has 0 saturated carbocycles. The van der Waals surface area contributed by atoms with Gasteiger partial charge in [-0.2, -0.15) is 0 Å². The lowest BCUT2D eigenvalue weighted by molar-refractivity contribution is 0.598. The van der Waals surface area contributed by atoms with Gasteiger partial charge >= 0.3 is 0 Å². The molecule has 0 spiro atoms. The smallest absolute Gasteiger partial charge is 0.238 e. The number of aryl methyl sites for hydroxylation is 1. The molecule has 0 aliphatic rings. The maximum atomic E-state index is 11.3. The van der Waals surface area contributed by atoms with E-state index in [2.05, 4.69) is 4.98 Å². The van der Waals surface area contributed by atoms with Crippen LogP contribution in [-0.4, -0.2) is 13.4 Å². The second kappa shape index (κ2) is 4.95. The van der Waals surface area contributed by atoms with Crippen molar-refractivity contribution >= 4 is 20.9 Å². The molecular weight excluding hydrogens is 284 g/mol. The zero-order chi connectivity index (χ0) is 15.0. The van der Waals surface area contributed by atoms with Gasteiger partial charge in [-0.25, -0.2) is 18.5 Å². The summed E-state index contributed by atoms with van der Waals surface area (Å²) in [6.45, 7) is 2.05. The number of fused-ring (bicyclic) bond motifs is 1. The van der Waals surface area contributed by atoms with E-state index in [-0.39, 0.29) is 4.90 Å². The number of nitrogens with zero attached hydrogens (tertiary/aromatic N) is 1. The summed E-state index contributed by atoms with van der Waals surface area (Å²) in [6, 6.07) is 16.3. The van der Waals surface area contributed by atoms with Crippen molar-refractivity contribution in [1.82, 2.24) is 4.98 Å². The third kappa shape index (κ3) is 2.66. The Hall–Kier alpha value is -2.24. The second-order valence-corrected chi connectivity index (χ2v) is 6.47. The van der Waals surface area contributed by atoms with Gasteiger partial charge in [0.05, 0.1) is 16.1 Å². The summed E-state index contributed by atoms with van der Waals surface area (Å²) >= 11 is 0. The number of primary sulfonamides is 1. The molecule has 1 heterocycles. The standard InChI is InChI=1S/C16H14N2O2S/c1-11-3-2-4-16-14(11)9-10-15(18-16)12-5-7-13(8-6-12)21(17,19)20/h2-10H,1H3,(H2,17,19,20). The van der Waals surface area contributed by atoms with Crippen molar-refractivity contribution in [3.05, 3.63) is 60.2 Å². The molecule has 0 atom stereocenters.